The van der Waals surface area contributed by atoms with Gasteiger partial charge < -0.3 is 0 Å². The Hall–Kier alpha value is -2.96. The third-order valence-electron chi connectivity index (χ3n) is 5.02. The van der Waals surface area contributed by atoms with E-state index < -0.39 is 0 Å². The van der Waals surface area contributed by atoms with E-state index in [0.717, 1.165) is 23.1 Å². The summed E-state index contributed by atoms with van der Waals surface area (Å²) in [6, 6.07) is 23.1. The Morgan fingerprint density at radius 2 is 1.27 bits per heavy atom. The Labute approximate surface area is 152 Å². The minimum Gasteiger partial charge on any atom is -0.207 e. The minimum absolute atomic E-state index is 0.0213. The summed E-state index contributed by atoms with van der Waals surface area (Å²) >= 11 is 0. The summed E-state index contributed by atoms with van der Waals surface area (Å²) in [6.45, 7) is 2.21. The van der Waals surface area contributed by atoms with Crippen molar-refractivity contribution in [3.63, 3.8) is 0 Å². The van der Waals surface area contributed by atoms with Crippen LogP contribution in [0.3, 0.4) is 0 Å². The van der Waals surface area contributed by atoms with Gasteiger partial charge >= 0.3 is 0 Å². The van der Waals surface area contributed by atoms with Crippen LogP contribution in [0.4, 0.5) is 8.78 Å². The van der Waals surface area contributed by atoms with Gasteiger partial charge in [0.05, 0.1) is 0 Å². The van der Waals surface area contributed by atoms with Gasteiger partial charge in [-0.1, -0.05) is 61.5 Å². The first-order chi connectivity index (χ1) is 12.6. The molecule has 1 aliphatic carbocycles. The van der Waals surface area contributed by atoms with Crippen molar-refractivity contribution in [3.05, 3.63) is 118 Å². The Bertz CT molecular complexity index is 945. The first kappa shape index (κ1) is 16.5. The molecule has 1 atom stereocenters. The number of hydrogen-bond donors (Lipinski definition) is 0. The Kier molecular flexibility index (Phi) is 4.06. The van der Waals surface area contributed by atoms with Crippen molar-refractivity contribution in [1.29, 1.82) is 0 Å². The van der Waals surface area contributed by atoms with Gasteiger partial charge in [0, 0.05) is 11.0 Å². The molecular formula is C24H18F2. The molecule has 0 N–H and O–H groups in total. The van der Waals surface area contributed by atoms with Gasteiger partial charge in [0.2, 0.25) is 0 Å². The highest BCUT2D eigenvalue weighted by Gasteiger charge is 2.45. The van der Waals surface area contributed by atoms with Crippen LogP contribution in [-0.2, 0) is 5.41 Å². The summed E-state index contributed by atoms with van der Waals surface area (Å²) in [5.74, 6) is -0.555. The molecule has 26 heavy (non-hydrogen) atoms. The predicted molar refractivity (Wildman–Crippen MR) is 101 cm³/mol. The Morgan fingerprint density at radius 3 is 1.77 bits per heavy atom. The molecule has 1 unspecified atom stereocenters. The quantitative estimate of drug-likeness (QED) is 0.490. The lowest BCUT2D eigenvalue weighted by atomic mass is 9.95. The molecule has 2 heteroatoms. The first-order valence-corrected chi connectivity index (χ1v) is 8.64. The monoisotopic (exact) mass is 344 g/mol. The topological polar surface area (TPSA) is 0 Å². The second kappa shape index (κ2) is 6.40. The van der Waals surface area contributed by atoms with E-state index in [1.165, 1.54) is 35.4 Å². The number of allylic oxidation sites excluding steroid dienone is 1. The second-order valence-electron chi connectivity index (χ2n) is 6.87. The Morgan fingerprint density at radius 1 is 0.769 bits per heavy atom. The molecule has 1 saturated carbocycles. The highest BCUT2D eigenvalue weighted by atomic mass is 19.1. The summed E-state index contributed by atoms with van der Waals surface area (Å²) in [5, 5.41) is 0. The number of hydrogen-bond acceptors (Lipinski definition) is 0. The molecule has 0 aliphatic heterocycles. The zero-order chi connectivity index (χ0) is 18.1. The molecule has 4 rings (SSSR count). The predicted octanol–water partition coefficient (Wildman–Crippen LogP) is 6.28. The number of rotatable bonds is 3. The number of halogens is 2. The van der Waals surface area contributed by atoms with E-state index in [1.807, 2.05) is 18.2 Å². The van der Waals surface area contributed by atoms with E-state index in [-0.39, 0.29) is 17.0 Å². The van der Waals surface area contributed by atoms with Gasteiger partial charge in [0.1, 0.15) is 11.6 Å². The molecule has 1 fully saturated rings. The molecule has 128 valence electrons. The molecule has 3 aromatic rings. The van der Waals surface area contributed by atoms with Gasteiger partial charge in [0.25, 0.3) is 0 Å². The molecule has 0 bridgehead atoms. The van der Waals surface area contributed by atoms with Crippen LogP contribution in [0, 0.1) is 11.6 Å². The lowest BCUT2D eigenvalue weighted by Crippen LogP contribution is -1.99. The third-order valence-corrected chi connectivity index (χ3v) is 5.02. The van der Waals surface area contributed by atoms with E-state index >= 15 is 0 Å². The van der Waals surface area contributed by atoms with E-state index in [1.54, 1.807) is 24.3 Å². The lowest BCUT2D eigenvalue weighted by molar-refractivity contribution is 0.627. The zero-order valence-corrected chi connectivity index (χ0v) is 14.5. The molecule has 3 aromatic carbocycles. The van der Waals surface area contributed by atoms with Crippen molar-refractivity contribution < 1.29 is 8.78 Å². The van der Waals surface area contributed by atoms with Crippen LogP contribution in [-0.4, -0.2) is 0 Å². The van der Waals surface area contributed by atoms with Gasteiger partial charge in [-0.05, 0) is 52.9 Å². The maximum absolute atomic E-state index is 13.3. The van der Waals surface area contributed by atoms with Crippen LogP contribution in [0.2, 0.25) is 0 Å². The minimum atomic E-state index is -0.277. The van der Waals surface area contributed by atoms with Gasteiger partial charge in [0.15, 0.2) is 0 Å². The standard InChI is InChI=1S/C24H18F2/c1-24(19-5-3-2-4-6-19)16-20(24)15-23(17-7-11-21(25)12-8-17)18-9-13-22(26)14-10-18/h2-14H,16H2,1H3. The summed E-state index contributed by atoms with van der Waals surface area (Å²) in [4.78, 5) is 0. The van der Waals surface area contributed by atoms with Crippen LogP contribution in [0.5, 0.6) is 0 Å². The largest absolute Gasteiger partial charge is 0.207 e. The summed E-state index contributed by atoms with van der Waals surface area (Å²) in [6.07, 6.45) is 0.933. The molecule has 0 aromatic heterocycles. The molecule has 0 radical (unpaired) electrons. The van der Waals surface area contributed by atoms with Crippen LogP contribution >= 0.6 is 0 Å². The lowest BCUT2D eigenvalue weighted by Gasteiger charge is -2.08. The molecule has 0 amide bonds. The average molecular weight is 344 g/mol. The van der Waals surface area contributed by atoms with Crippen LogP contribution in [0.15, 0.2) is 90.2 Å². The highest BCUT2D eigenvalue weighted by molar-refractivity contribution is 5.80. The SMILES string of the molecule is CC1(c2ccccc2)CC1=C=C(c1ccc(F)cc1)c1ccc(F)cc1. The van der Waals surface area contributed by atoms with E-state index in [2.05, 4.69) is 24.8 Å². The zero-order valence-electron chi connectivity index (χ0n) is 14.5. The van der Waals surface area contributed by atoms with Crippen molar-refractivity contribution in [2.24, 2.45) is 0 Å². The highest BCUT2D eigenvalue weighted by Crippen LogP contribution is 2.53. The molecular weight excluding hydrogens is 326 g/mol. The van der Waals surface area contributed by atoms with Gasteiger partial charge in [-0.2, -0.15) is 0 Å². The number of benzene rings is 3. The first-order valence-electron chi connectivity index (χ1n) is 8.64. The maximum Gasteiger partial charge on any atom is 0.123 e. The van der Waals surface area contributed by atoms with Crippen LogP contribution < -0.4 is 0 Å². The van der Waals surface area contributed by atoms with Crippen LogP contribution in [0.25, 0.3) is 5.57 Å². The fraction of sp³-hybridized carbons (Fsp3) is 0.125. The summed E-state index contributed by atoms with van der Waals surface area (Å²) in [5.41, 5.74) is 8.58. The van der Waals surface area contributed by atoms with Gasteiger partial charge in [-0.15, -0.1) is 5.73 Å². The van der Waals surface area contributed by atoms with Crippen molar-refractivity contribution in [2.45, 2.75) is 18.8 Å². The molecule has 0 heterocycles. The van der Waals surface area contributed by atoms with Crippen molar-refractivity contribution in [3.8, 4) is 0 Å². The summed E-state index contributed by atoms with van der Waals surface area (Å²) < 4.78 is 26.7. The maximum atomic E-state index is 13.3. The van der Waals surface area contributed by atoms with Gasteiger partial charge in [-0.25, -0.2) is 8.78 Å². The van der Waals surface area contributed by atoms with Gasteiger partial charge in [-0.3, -0.25) is 0 Å². The second-order valence-corrected chi connectivity index (χ2v) is 6.87. The fourth-order valence-corrected chi connectivity index (χ4v) is 3.27. The fourth-order valence-electron chi connectivity index (χ4n) is 3.27. The molecule has 0 spiro atoms. The van der Waals surface area contributed by atoms with Crippen molar-refractivity contribution in [1.82, 2.24) is 0 Å². The molecule has 0 saturated heterocycles. The third kappa shape index (κ3) is 3.12. The molecule has 0 nitrogen and oxygen atoms in total. The van der Waals surface area contributed by atoms with E-state index in [0.29, 0.717) is 0 Å². The van der Waals surface area contributed by atoms with Crippen LogP contribution in [0.1, 0.15) is 30.0 Å². The summed E-state index contributed by atoms with van der Waals surface area (Å²) in [7, 11) is 0. The average Bonchev–Trinajstić information content (AvgIpc) is 3.33. The normalized spacial score (nSPS) is 18.3. The molecule has 1 aliphatic rings. The van der Waals surface area contributed by atoms with E-state index in [4.69, 9.17) is 0 Å². The van der Waals surface area contributed by atoms with Crippen molar-refractivity contribution in [2.75, 3.05) is 0 Å². The van der Waals surface area contributed by atoms with E-state index in [9.17, 15) is 8.78 Å². The Balaban J connectivity index is 1.85. The van der Waals surface area contributed by atoms with Crippen molar-refractivity contribution >= 4 is 5.57 Å². The smallest absolute Gasteiger partial charge is 0.123 e.